The van der Waals surface area contributed by atoms with Crippen molar-refractivity contribution < 1.29 is 39.9 Å². The number of benzene rings is 6. The van der Waals surface area contributed by atoms with Crippen molar-refractivity contribution in [3.05, 3.63) is 199 Å². The van der Waals surface area contributed by atoms with Crippen LogP contribution in [0.1, 0.15) is 0 Å². The van der Waals surface area contributed by atoms with Gasteiger partial charge in [0.2, 0.25) is 0 Å². The van der Waals surface area contributed by atoms with Crippen LogP contribution in [0.5, 0.6) is 0 Å². The molecule has 0 radical (unpaired) electrons. The summed E-state index contributed by atoms with van der Waals surface area (Å²) in [6.07, 6.45) is 0. The molecule has 0 aliphatic carbocycles. The van der Waals surface area contributed by atoms with E-state index in [2.05, 4.69) is 17.1 Å². The predicted molar refractivity (Wildman–Crippen MR) is 225 cm³/mol. The predicted octanol–water partition coefficient (Wildman–Crippen LogP) is 10.3. The molecule has 0 bridgehead atoms. The fourth-order valence-corrected chi connectivity index (χ4v) is 24.0. The Kier molecular flexibility index (Phi) is 17.1. The van der Waals surface area contributed by atoms with Gasteiger partial charge >= 0.3 is 0 Å². The first-order valence-electron chi connectivity index (χ1n) is 15.5. The average Bonchev–Trinajstić information content (AvgIpc) is 3.78. The van der Waals surface area contributed by atoms with Crippen molar-refractivity contribution in [1.82, 2.24) is 0 Å². The third-order valence-corrected chi connectivity index (χ3v) is 24.3. The Morgan fingerprint density at radius 3 is 0.765 bits per heavy atom. The van der Waals surface area contributed by atoms with Gasteiger partial charge in [0.1, 0.15) is 5.14 Å². The van der Waals surface area contributed by atoms with Crippen LogP contribution in [0.15, 0.2) is 194 Å². The minimum atomic E-state index is -3.97. The summed E-state index contributed by atoms with van der Waals surface area (Å²) in [7, 11) is -9.76. The zero-order valence-corrected chi connectivity index (χ0v) is 36.1. The van der Waals surface area contributed by atoms with Crippen molar-refractivity contribution in [2.24, 2.45) is 0 Å². The normalized spacial score (nSPS) is 11.4. The maximum absolute atomic E-state index is 16.6. The number of rotatable bonds is 9. The monoisotopic (exact) mass is 879 g/mol. The van der Waals surface area contributed by atoms with Gasteiger partial charge in [-0.2, -0.15) is 11.6 Å². The number of halogens is 2. The smallest absolute Gasteiger partial charge is 0.161 e. The summed E-state index contributed by atoms with van der Waals surface area (Å²) < 4.78 is 49.7. The van der Waals surface area contributed by atoms with Crippen molar-refractivity contribution >= 4 is 94.5 Å². The molecular formula is C40H36Cl2O3P5Zr-. The molecule has 1 aromatic heterocycles. The van der Waals surface area contributed by atoms with E-state index in [0.717, 1.165) is 8.19 Å². The minimum absolute atomic E-state index is 0. The Morgan fingerprint density at radius 2 is 0.627 bits per heavy atom. The summed E-state index contributed by atoms with van der Waals surface area (Å²) in [6.45, 7) is 0. The van der Waals surface area contributed by atoms with E-state index in [-0.39, 0.29) is 51.0 Å². The molecule has 258 valence electrons. The van der Waals surface area contributed by atoms with E-state index in [0.29, 0.717) is 31.8 Å². The Labute approximate surface area is 336 Å². The molecule has 0 fully saturated rings. The summed E-state index contributed by atoms with van der Waals surface area (Å²) in [5, 5.41) is 1.80. The number of hydrogen-bond donors (Lipinski definition) is 0. The third kappa shape index (κ3) is 9.08. The van der Waals surface area contributed by atoms with E-state index in [1.54, 1.807) is 0 Å². The van der Waals surface area contributed by atoms with Crippen LogP contribution < -0.4 is 31.8 Å². The molecule has 1 heterocycles. The molecule has 7 rings (SSSR count). The van der Waals surface area contributed by atoms with Crippen molar-refractivity contribution in [1.29, 1.82) is 0 Å². The van der Waals surface area contributed by atoms with Crippen LogP contribution in [0.25, 0.3) is 0 Å². The van der Waals surface area contributed by atoms with E-state index in [1.165, 1.54) is 8.19 Å². The van der Waals surface area contributed by atoms with E-state index in [1.807, 2.05) is 182 Å². The first kappa shape index (κ1) is 43.1. The van der Waals surface area contributed by atoms with E-state index >= 15 is 13.7 Å². The Bertz CT molecular complexity index is 1790. The van der Waals surface area contributed by atoms with E-state index in [4.69, 9.17) is 0 Å². The van der Waals surface area contributed by atoms with Gasteiger partial charge in [-0.15, -0.1) is 30.3 Å². The molecular weight excluding hydrogens is 845 g/mol. The van der Waals surface area contributed by atoms with Crippen LogP contribution in [0.2, 0.25) is 0 Å². The maximum Gasteiger partial charge on any atom is 0.161 e. The maximum atomic E-state index is 16.6. The first-order chi connectivity index (χ1) is 23.5. The van der Waals surface area contributed by atoms with E-state index in [9.17, 15) is 0 Å². The zero-order valence-electron chi connectivity index (χ0n) is 27.4. The topological polar surface area (TPSA) is 51.2 Å². The largest absolute Gasteiger partial charge is 0.312 e. The summed E-state index contributed by atoms with van der Waals surface area (Å²) >= 11 is 0. The molecule has 6 aromatic carbocycles. The molecule has 7 aromatic rings. The quantitative estimate of drug-likeness (QED) is 0.107. The van der Waals surface area contributed by atoms with Crippen LogP contribution in [0.3, 0.4) is 0 Å². The Morgan fingerprint density at radius 1 is 0.412 bits per heavy atom. The van der Waals surface area contributed by atoms with Crippen LogP contribution in [0.4, 0.5) is 0 Å². The van der Waals surface area contributed by atoms with E-state index < -0.39 is 26.6 Å². The molecule has 0 saturated carbocycles. The second-order valence-corrected chi connectivity index (χ2v) is 22.9. The van der Waals surface area contributed by atoms with Crippen molar-refractivity contribution in [2.75, 3.05) is 0 Å². The van der Waals surface area contributed by atoms with Gasteiger partial charge in [0, 0.05) is 58.0 Å². The van der Waals surface area contributed by atoms with Gasteiger partial charge < -0.3 is 13.7 Å². The molecule has 1 atom stereocenters. The molecule has 3 nitrogen and oxygen atoms in total. The molecule has 0 amide bonds. The van der Waals surface area contributed by atoms with Crippen molar-refractivity contribution in [2.45, 2.75) is 5.14 Å². The Hall–Kier alpha value is -2.32. The van der Waals surface area contributed by atoms with Gasteiger partial charge in [-0.25, -0.2) is 8.19 Å². The molecule has 0 aliphatic heterocycles. The van der Waals surface area contributed by atoms with Crippen molar-refractivity contribution in [3.8, 4) is 0 Å². The molecule has 1 unspecified atom stereocenters. The van der Waals surface area contributed by atoms with Crippen LogP contribution in [-0.2, 0) is 39.9 Å². The zero-order chi connectivity index (χ0) is 33.3. The molecule has 11 heteroatoms. The average molecular weight is 882 g/mol. The third-order valence-electron chi connectivity index (χ3n) is 8.18. The molecule has 51 heavy (non-hydrogen) atoms. The molecule has 0 saturated heterocycles. The Balaban J connectivity index is 0.000000809. The van der Waals surface area contributed by atoms with Gasteiger partial charge in [-0.3, -0.25) is 8.19 Å². The van der Waals surface area contributed by atoms with Gasteiger partial charge in [0.15, 0.2) is 21.4 Å². The second kappa shape index (κ2) is 20.2. The van der Waals surface area contributed by atoms with Gasteiger partial charge in [0.25, 0.3) is 0 Å². The summed E-state index contributed by atoms with van der Waals surface area (Å²) in [5.41, 5.74) is 3.11. The summed E-state index contributed by atoms with van der Waals surface area (Å²) in [4.78, 5) is 0. The van der Waals surface area contributed by atoms with Crippen LogP contribution in [-0.4, -0.2) is 5.14 Å². The van der Waals surface area contributed by atoms with Gasteiger partial charge in [0.05, 0.1) is 0 Å². The van der Waals surface area contributed by atoms with Crippen molar-refractivity contribution in [3.63, 3.8) is 0 Å². The SMILES string of the molecule is Cl.Cl.O=P(c1ccccc1)(c1ccccc1)C(P(=O)(c1ccccc1)c1ccccc1)P(=O)(c1ccccc1)c1ccccc1.[Zr].[c-]1pcc[pH]1. The summed E-state index contributed by atoms with van der Waals surface area (Å²) in [5.74, 6) is 4.25. The molecule has 0 spiro atoms. The molecule has 0 N–H and O–H groups in total. The van der Waals surface area contributed by atoms with Crippen LogP contribution >= 0.6 is 62.6 Å². The summed E-state index contributed by atoms with van der Waals surface area (Å²) in [6, 6.07) is 55.2. The molecule has 0 aliphatic rings. The standard InChI is InChI=1S/C37H31O3P3.C3H3P2.2ClH.Zr/c38-41(31-19-7-1-8-20-31,32-21-9-2-10-22-32)37(42(39,33-23-11-3-12-24-33)34-25-13-4-14-26-34)43(40,35-27-15-5-16-28-35)36-29-17-6-18-30-36;1-2-5-3-4-1;;;/h1-30,37H;1-2,4H;2*1H;/q;-1;;;. The van der Waals surface area contributed by atoms with Gasteiger partial charge in [-0.05, 0) is 0 Å². The fourth-order valence-electron chi connectivity index (χ4n) is 6.02. The fraction of sp³-hybridized carbons (Fsp3) is 0.0250. The van der Waals surface area contributed by atoms with Crippen LogP contribution in [0, 0.1) is 5.53 Å². The second-order valence-electron chi connectivity index (χ2n) is 11.0. The number of hydrogen-bond acceptors (Lipinski definition) is 3. The minimum Gasteiger partial charge on any atom is -0.312 e. The first-order valence-corrected chi connectivity index (χ1v) is 22.9. The van der Waals surface area contributed by atoms with Gasteiger partial charge in [-0.1, -0.05) is 182 Å².